The molecule has 0 radical (unpaired) electrons. The Bertz CT molecular complexity index is 457. The normalized spacial score (nSPS) is 15.5. The van der Waals surface area contributed by atoms with Crippen LogP contribution in [0.1, 0.15) is 25.0 Å². The van der Waals surface area contributed by atoms with E-state index in [1.807, 2.05) is 6.07 Å². The van der Waals surface area contributed by atoms with Crippen LogP contribution in [0.4, 0.5) is 5.69 Å². The van der Waals surface area contributed by atoms with Crippen molar-refractivity contribution in [3.63, 3.8) is 0 Å². The lowest BCUT2D eigenvalue weighted by Crippen LogP contribution is -2.38. The van der Waals surface area contributed by atoms with E-state index in [1.165, 1.54) is 5.56 Å². The Balaban J connectivity index is 1.87. The van der Waals surface area contributed by atoms with Crippen LogP contribution >= 0.6 is 0 Å². The second-order valence-electron chi connectivity index (χ2n) is 5.45. The molecule has 1 aliphatic heterocycles. The smallest absolute Gasteiger partial charge is 0.228 e. The van der Waals surface area contributed by atoms with Crippen LogP contribution < -0.4 is 10.6 Å². The van der Waals surface area contributed by atoms with E-state index in [0.717, 1.165) is 24.2 Å². The standard InChI is InChI=1S/C15H22N2O2/c1-10(2)14(9-18)16-6-5-11-3-4-13-12(7-11)8-15(19)17-13/h3-4,7,10,14,16,18H,5-6,8-9H2,1-2H3,(H,17,19). The zero-order chi connectivity index (χ0) is 13.8. The highest BCUT2D eigenvalue weighted by atomic mass is 16.3. The summed E-state index contributed by atoms with van der Waals surface area (Å²) in [6.07, 6.45) is 1.40. The monoisotopic (exact) mass is 262 g/mol. The average molecular weight is 262 g/mol. The van der Waals surface area contributed by atoms with Gasteiger partial charge in [0.15, 0.2) is 0 Å². The van der Waals surface area contributed by atoms with Crippen molar-refractivity contribution in [2.24, 2.45) is 5.92 Å². The molecule has 0 saturated heterocycles. The van der Waals surface area contributed by atoms with Gasteiger partial charge in [0.2, 0.25) is 5.91 Å². The molecule has 0 fully saturated rings. The molecule has 1 atom stereocenters. The van der Waals surface area contributed by atoms with Crippen LogP contribution in [0.5, 0.6) is 0 Å². The van der Waals surface area contributed by atoms with Gasteiger partial charge in [-0.25, -0.2) is 0 Å². The Kier molecular flexibility index (Phi) is 4.56. The molecule has 0 aromatic heterocycles. The van der Waals surface area contributed by atoms with E-state index in [1.54, 1.807) is 0 Å². The third kappa shape index (κ3) is 3.55. The van der Waals surface area contributed by atoms with Crippen molar-refractivity contribution in [1.29, 1.82) is 0 Å². The Morgan fingerprint density at radius 3 is 2.89 bits per heavy atom. The van der Waals surface area contributed by atoms with Crippen LogP contribution in [0.25, 0.3) is 0 Å². The van der Waals surface area contributed by atoms with Crippen LogP contribution in [-0.4, -0.2) is 30.2 Å². The molecule has 1 aliphatic rings. The Morgan fingerprint density at radius 2 is 2.21 bits per heavy atom. The summed E-state index contributed by atoms with van der Waals surface area (Å²) in [5.74, 6) is 0.497. The SMILES string of the molecule is CC(C)C(CO)NCCc1ccc2c(c1)CC(=O)N2. The first-order valence-electron chi connectivity index (χ1n) is 6.86. The summed E-state index contributed by atoms with van der Waals surface area (Å²) in [6.45, 7) is 5.20. The molecule has 1 unspecified atom stereocenters. The fourth-order valence-electron chi connectivity index (χ4n) is 2.35. The maximum absolute atomic E-state index is 11.3. The molecule has 3 N–H and O–H groups in total. The van der Waals surface area contributed by atoms with Gasteiger partial charge in [-0.3, -0.25) is 4.79 Å². The van der Waals surface area contributed by atoms with Gasteiger partial charge in [0.05, 0.1) is 13.0 Å². The molecule has 0 spiro atoms. The van der Waals surface area contributed by atoms with Crippen LogP contribution in [0, 0.1) is 5.92 Å². The summed E-state index contributed by atoms with van der Waals surface area (Å²) in [5.41, 5.74) is 3.25. The van der Waals surface area contributed by atoms with Gasteiger partial charge in [0.25, 0.3) is 0 Å². The Labute approximate surface area is 114 Å². The first kappa shape index (κ1) is 14.0. The van der Waals surface area contributed by atoms with Gasteiger partial charge >= 0.3 is 0 Å². The molecule has 2 rings (SSSR count). The van der Waals surface area contributed by atoms with Crippen molar-refractivity contribution < 1.29 is 9.90 Å². The van der Waals surface area contributed by atoms with E-state index < -0.39 is 0 Å². The Morgan fingerprint density at radius 1 is 1.42 bits per heavy atom. The number of carbonyl (C=O) groups excluding carboxylic acids is 1. The number of hydrogen-bond donors (Lipinski definition) is 3. The number of hydrogen-bond acceptors (Lipinski definition) is 3. The summed E-state index contributed by atoms with van der Waals surface area (Å²) in [6, 6.07) is 6.27. The second-order valence-corrected chi connectivity index (χ2v) is 5.45. The molecule has 104 valence electrons. The van der Waals surface area contributed by atoms with Crippen molar-refractivity contribution in [2.45, 2.75) is 32.7 Å². The molecular formula is C15H22N2O2. The number of fused-ring (bicyclic) bond motifs is 1. The molecular weight excluding hydrogens is 240 g/mol. The topological polar surface area (TPSA) is 61.4 Å². The molecule has 4 nitrogen and oxygen atoms in total. The van der Waals surface area contributed by atoms with E-state index in [4.69, 9.17) is 0 Å². The third-order valence-electron chi connectivity index (χ3n) is 3.62. The van der Waals surface area contributed by atoms with Crippen LogP contribution in [0.2, 0.25) is 0 Å². The number of aliphatic hydroxyl groups is 1. The minimum Gasteiger partial charge on any atom is -0.395 e. The average Bonchev–Trinajstić information content (AvgIpc) is 2.73. The van der Waals surface area contributed by atoms with E-state index in [0.29, 0.717) is 12.3 Å². The molecule has 0 bridgehead atoms. The minimum absolute atomic E-state index is 0.0745. The van der Waals surface area contributed by atoms with Crippen molar-refractivity contribution in [2.75, 3.05) is 18.5 Å². The second kappa shape index (κ2) is 6.17. The number of benzene rings is 1. The molecule has 0 aliphatic carbocycles. The zero-order valence-corrected chi connectivity index (χ0v) is 11.6. The third-order valence-corrected chi connectivity index (χ3v) is 3.62. The van der Waals surface area contributed by atoms with Gasteiger partial charge in [-0.05, 0) is 36.1 Å². The van der Waals surface area contributed by atoms with Gasteiger partial charge in [-0.1, -0.05) is 26.0 Å². The number of rotatable bonds is 6. The fraction of sp³-hybridized carbons (Fsp3) is 0.533. The lowest BCUT2D eigenvalue weighted by molar-refractivity contribution is -0.115. The molecule has 4 heteroatoms. The van der Waals surface area contributed by atoms with E-state index in [9.17, 15) is 9.90 Å². The van der Waals surface area contributed by atoms with Crippen molar-refractivity contribution in [3.8, 4) is 0 Å². The van der Waals surface area contributed by atoms with E-state index in [2.05, 4.69) is 36.6 Å². The Hall–Kier alpha value is -1.39. The number of carbonyl (C=O) groups is 1. The molecule has 19 heavy (non-hydrogen) atoms. The zero-order valence-electron chi connectivity index (χ0n) is 11.6. The summed E-state index contributed by atoms with van der Waals surface area (Å²) < 4.78 is 0. The van der Waals surface area contributed by atoms with Gasteiger partial charge in [-0.2, -0.15) is 0 Å². The lowest BCUT2D eigenvalue weighted by Gasteiger charge is -2.19. The molecule has 1 heterocycles. The van der Waals surface area contributed by atoms with Crippen molar-refractivity contribution in [3.05, 3.63) is 29.3 Å². The fourth-order valence-corrected chi connectivity index (χ4v) is 2.35. The van der Waals surface area contributed by atoms with Gasteiger partial charge < -0.3 is 15.7 Å². The lowest BCUT2D eigenvalue weighted by atomic mass is 10.0. The number of amides is 1. The van der Waals surface area contributed by atoms with Crippen molar-refractivity contribution in [1.82, 2.24) is 5.32 Å². The summed E-state index contributed by atoms with van der Waals surface area (Å²) >= 11 is 0. The number of aliphatic hydroxyl groups excluding tert-OH is 1. The van der Waals surface area contributed by atoms with E-state index in [-0.39, 0.29) is 18.6 Å². The molecule has 1 aromatic carbocycles. The number of nitrogens with one attached hydrogen (secondary N) is 2. The molecule has 1 aromatic rings. The molecule has 1 amide bonds. The first-order valence-corrected chi connectivity index (χ1v) is 6.86. The predicted molar refractivity (Wildman–Crippen MR) is 76.2 cm³/mol. The summed E-state index contributed by atoms with van der Waals surface area (Å²) in [5, 5.41) is 15.4. The highest BCUT2D eigenvalue weighted by molar-refractivity contribution is 5.99. The van der Waals surface area contributed by atoms with Gasteiger partial charge in [0, 0.05) is 11.7 Å². The van der Waals surface area contributed by atoms with Gasteiger partial charge in [0.1, 0.15) is 0 Å². The predicted octanol–water partition coefficient (Wildman–Crippen LogP) is 1.33. The number of anilines is 1. The van der Waals surface area contributed by atoms with Crippen molar-refractivity contribution >= 4 is 11.6 Å². The summed E-state index contributed by atoms with van der Waals surface area (Å²) in [4.78, 5) is 11.3. The van der Waals surface area contributed by atoms with Crippen LogP contribution in [-0.2, 0) is 17.6 Å². The minimum atomic E-state index is 0.0745. The first-order chi connectivity index (χ1) is 9.10. The summed E-state index contributed by atoms with van der Waals surface area (Å²) in [7, 11) is 0. The van der Waals surface area contributed by atoms with Crippen LogP contribution in [0.15, 0.2) is 18.2 Å². The highest BCUT2D eigenvalue weighted by Gasteiger charge is 2.17. The highest BCUT2D eigenvalue weighted by Crippen LogP contribution is 2.23. The molecule has 0 saturated carbocycles. The quantitative estimate of drug-likeness (QED) is 0.725. The maximum atomic E-state index is 11.3. The van der Waals surface area contributed by atoms with Gasteiger partial charge in [-0.15, -0.1) is 0 Å². The van der Waals surface area contributed by atoms with E-state index >= 15 is 0 Å². The largest absolute Gasteiger partial charge is 0.395 e. The van der Waals surface area contributed by atoms with Crippen LogP contribution in [0.3, 0.4) is 0 Å². The maximum Gasteiger partial charge on any atom is 0.228 e.